The van der Waals surface area contributed by atoms with Gasteiger partial charge in [-0.1, -0.05) is 78.4 Å². The summed E-state index contributed by atoms with van der Waals surface area (Å²) < 4.78 is 12.6. The predicted octanol–water partition coefficient (Wildman–Crippen LogP) is 4.77. The van der Waals surface area contributed by atoms with Crippen molar-refractivity contribution in [3.63, 3.8) is 0 Å². The number of benzene rings is 3. The summed E-state index contributed by atoms with van der Waals surface area (Å²) in [6.07, 6.45) is -0.183. The summed E-state index contributed by atoms with van der Waals surface area (Å²) in [5.74, 6) is 0.879. The van der Waals surface area contributed by atoms with E-state index in [9.17, 15) is 0 Å². The predicted molar refractivity (Wildman–Crippen MR) is 109 cm³/mol. The fourth-order valence-corrected chi connectivity index (χ4v) is 3.46. The maximum atomic E-state index is 6.59. The van der Waals surface area contributed by atoms with Crippen LogP contribution in [0.1, 0.15) is 17.2 Å². The Hall–Kier alpha value is -2.62. The summed E-state index contributed by atoms with van der Waals surface area (Å²) >= 11 is 0. The molecule has 1 heterocycles. The van der Waals surface area contributed by atoms with Crippen LogP contribution < -0.4 is 10.1 Å². The summed E-state index contributed by atoms with van der Waals surface area (Å²) in [7, 11) is 0. The van der Waals surface area contributed by atoms with E-state index in [0.29, 0.717) is 6.61 Å². The third kappa shape index (κ3) is 4.21. The summed E-state index contributed by atoms with van der Waals surface area (Å²) in [6.45, 7) is 4.48. The summed E-state index contributed by atoms with van der Waals surface area (Å²) in [5.41, 5.74) is 4.64. The third-order valence-electron chi connectivity index (χ3n) is 4.93. The average molecular weight is 359 g/mol. The van der Waals surface area contributed by atoms with Crippen LogP contribution in [0.5, 0.6) is 5.75 Å². The SMILES string of the molecule is Cc1ccc(-c2ccccc2OC(c2ccccc2)[C@@H]2CNCCO2)cc1. The number of morpholine rings is 1. The lowest BCUT2D eigenvalue weighted by Gasteiger charge is -2.32. The van der Waals surface area contributed by atoms with Gasteiger partial charge in [-0.25, -0.2) is 0 Å². The number of hydrogen-bond acceptors (Lipinski definition) is 3. The molecule has 3 heteroatoms. The summed E-state index contributed by atoms with van der Waals surface area (Å²) in [4.78, 5) is 0. The van der Waals surface area contributed by atoms with E-state index in [-0.39, 0.29) is 12.2 Å². The zero-order valence-corrected chi connectivity index (χ0v) is 15.6. The van der Waals surface area contributed by atoms with E-state index < -0.39 is 0 Å². The van der Waals surface area contributed by atoms with Gasteiger partial charge < -0.3 is 14.8 Å². The van der Waals surface area contributed by atoms with Gasteiger partial charge in [0, 0.05) is 18.7 Å². The van der Waals surface area contributed by atoms with Crippen molar-refractivity contribution in [3.8, 4) is 16.9 Å². The maximum absolute atomic E-state index is 6.59. The first-order chi connectivity index (χ1) is 13.3. The largest absolute Gasteiger partial charge is 0.482 e. The molecular weight excluding hydrogens is 334 g/mol. The fraction of sp³-hybridized carbons (Fsp3) is 0.250. The minimum Gasteiger partial charge on any atom is -0.482 e. The van der Waals surface area contributed by atoms with Gasteiger partial charge in [0.25, 0.3) is 0 Å². The smallest absolute Gasteiger partial charge is 0.151 e. The monoisotopic (exact) mass is 359 g/mol. The maximum Gasteiger partial charge on any atom is 0.151 e. The van der Waals surface area contributed by atoms with Gasteiger partial charge in [-0.2, -0.15) is 0 Å². The first-order valence-corrected chi connectivity index (χ1v) is 9.51. The van der Waals surface area contributed by atoms with Crippen LogP contribution >= 0.6 is 0 Å². The molecule has 3 aromatic rings. The van der Waals surface area contributed by atoms with Crippen molar-refractivity contribution in [3.05, 3.63) is 90.0 Å². The Labute approximate surface area is 161 Å². The van der Waals surface area contributed by atoms with E-state index in [2.05, 4.69) is 60.8 Å². The fourth-order valence-electron chi connectivity index (χ4n) is 3.46. The van der Waals surface area contributed by atoms with Crippen molar-refractivity contribution in [1.82, 2.24) is 5.32 Å². The minimum atomic E-state index is -0.161. The molecule has 1 aliphatic heterocycles. The highest BCUT2D eigenvalue weighted by atomic mass is 16.5. The van der Waals surface area contributed by atoms with E-state index in [4.69, 9.17) is 9.47 Å². The molecule has 1 fully saturated rings. The van der Waals surface area contributed by atoms with Gasteiger partial charge in [-0.3, -0.25) is 0 Å². The van der Waals surface area contributed by atoms with Crippen molar-refractivity contribution in [2.24, 2.45) is 0 Å². The number of para-hydroxylation sites is 1. The van der Waals surface area contributed by atoms with Gasteiger partial charge in [0.15, 0.2) is 6.10 Å². The van der Waals surface area contributed by atoms with Crippen LogP contribution in [0.4, 0.5) is 0 Å². The molecule has 0 radical (unpaired) electrons. The lowest BCUT2D eigenvalue weighted by Crippen LogP contribution is -2.43. The molecule has 3 aromatic carbocycles. The Bertz CT molecular complexity index is 855. The van der Waals surface area contributed by atoms with E-state index in [1.54, 1.807) is 0 Å². The minimum absolute atomic E-state index is 0.0211. The average Bonchev–Trinajstić information content (AvgIpc) is 2.74. The molecular formula is C24H25NO2. The van der Waals surface area contributed by atoms with E-state index in [1.165, 1.54) is 5.56 Å². The molecule has 0 aromatic heterocycles. The molecule has 1 saturated heterocycles. The highest BCUT2D eigenvalue weighted by Crippen LogP contribution is 2.35. The second kappa shape index (κ2) is 8.38. The van der Waals surface area contributed by atoms with E-state index in [0.717, 1.165) is 35.5 Å². The van der Waals surface area contributed by atoms with Gasteiger partial charge in [0.05, 0.1) is 6.61 Å². The quantitative estimate of drug-likeness (QED) is 0.712. The Morgan fingerprint density at radius 2 is 1.67 bits per heavy atom. The van der Waals surface area contributed by atoms with E-state index in [1.807, 2.05) is 30.3 Å². The van der Waals surface area contributed by atoms with Gasteiger partial charge in [-0.15, -0.1) is 0 Å². The second-order valence-corrected chi connectivity index (χ2v) is 6.92. The highest BCUT2D eigenvalue weighted by molar-refractivity contribution is 5.70. The molecule has 4 rings (SSSR count). The van der Waals surface area contributed by atoms with Crippen LogP contribution in [0, 0.1) is 6.92 Å². The van der Waals surface area contributed by atoms with Gasteiger partial charge in [0.1, 0.15) is 11.9 Å². The molecule has 3 nitrogen and oxygen atoms in total. The summed E-state index contributed by atoms with van der Waals surface area (Å²) in [5, 5.41) is 3.42. The second-order valence-electron chi connectivity index (χ2n) is 6.92. The topological polar surface area (TPSA) is 30.5 Å². The normalized spacial score (nSPS) is 18.0. The van der Waals surface area contributed by atoms with Gasteiger partial charge >= 0.3 is 0 Å². The standard InChI is InChI=1S/C24H25NO2/c1-18-11-13-19(14-12-18)21-9-5-6-10-22(21)27-24(20-7-3-2-4-8-20)23-17-25-15-16-26-23/h2-14,23-25H,15-17H2,1H3/t23-,24?/m0/s1. The van der Waals surface area contributed by atoms with Crippen LogP contribution in [-0.4, -0.2) is 25.8 Å². The van der Waals surface area contributed by atoms with Crippen molar-refractivity contribution in [2.45, 2.75) is 19.1 Å². The van der Waals surface area contributed by atoms with Crippen LogP contribution in [0.15, 0.2) is 78.9 Å². The zero-order chi connectivity index (χ0) is 18.5. The molecule has 0 amide bonds. The van der Waals surface area contributed by atoms with Crippen molar-refractivity contribution in [1.29, 1.82) is 0 Å². The van der Waals surface area contributed by atoms with Gasteiger partial charge in [0.2, 0.25) is 0 Å². The van der Waals surface area contributed by atoms with E-state index >= 15 is 0 Å². The lowest BCUT2D eigenvalue weighted by molar-refractivity contribution is -0.0430. The lowest BCUT2D eigenvalue weighted by atomic mass is 10.0. The van der Waals surface area contributed by atoms with Crippen LogP contribution in [0.25, 0.3) is 11.1 Å². The summed E-state index contributed by atoms with van der Waals surface area (Å²) in [6, 6.07) is 27.1. The van der Waals surface area contributed by atoms with Crippen LogP contribution in [0.2, 0.25) is 0 Å². The molecule has 27 heavy (non-hydrogen) atoms. The molecule has 0 aliphatic carbocycles. The highest BCUT2D eigenvalue weighted by Gasteiger charge is 2.28. The van der Waals surface area contributed by atoms with Crippen LogP contribution in [-0.2, 0) is 4.74 Å². The molecule has 1 unspecified atom stereocenters. The number of aryl methyl sites for hydroxylation is 1. The molecule has 138 valence electrons. The Morgan fingerprint density at radius 1 is 0.926 bits per heavy atom. The zero-order valence-electron chi connectivity index (χ0n) is 15.6. The number of nitrogens with one attached hydrogen (secondary N) is 1. The van der Waals surface area contributed by atoms with Gasteiger partial charge in [-0.05, 0) is 24.1 Å². The molecule has 0 saturated carbocycles. The number of ether oxygens (including phenoxy) is 2. The molecule has 0 bridgehead atoms. The number of hydrogen-bond donors (Lipinski definition) is 1. The Kier molecular flexibility index (Phi) is 5.52. The Morgan fingerprint density at radius 3 is 2.41 bits per heavy atom. The van der Waals surface area contributed by atoms with Crippen molar-refractivity contribution < 1.29 is 9.47 Å². The molecule has 0 spiro atoms. The van der Waals surface area contributed by atoms with Crippen molar-refractivity contribution in [2.75, 3.05) is 19.7 Å². The molecule has 2 atom stereocenters. The first kappa shape index (κ1) is 17.8. The third-order valence-corrected chi connectivity index (χ3v) is 4.93. The van der Waals surface area contributed by atoms with Crippen LogP contribution in [0.3, 0.4) is 0 Å². The Balaban J connectivity index is 1.68. The van der Waals surface area contributed by atoms with Crippen molar-refractivity contribution >= 4 is 0 Å². The molecule has 1 aliphatic rings. The number of rotatable bonds is 5. The first-order valence-electron chi connectivity index (χ1n) is 9.51. The molecule has 1 N–H and O–H groups in total.